The zero-order valence-electron chi connectivity index (χ0n) is 14.3. The second-order valence-corrected chi connectivity index (χ2v) is 7.61. The van der Waals surface area contributed by atoms with E-state index < -0.39 is 10.0 Å². The minimum Gasteiger partial charge on any atom is -0.484 e. The number of hydrogen-bond acceptors (Lipinski definition) is 4. The van der Waals surface area contributed by atoms with Crippen LogP contribution in [0.4, 0.5) is 5.69 Å². The van der Waals surface area contributed by atoms with Gasteiger partial charge in [-0.25, -0.2) is 8.42 Å². The predicted octanol–water partition coefficient (Wildman–Crippen LogP) is 1.82. The van der Waals surface area contributed by atoms with Crippen LogP contribution < -0.4 is 14.4 Å². The maximum atomic E-state index is 11.8. The van der Waals surface area contributed by atoms with Crippen LogP contribution >= 0.6 is 0 Å². The molecule has 0 aliphatic rings. The van der Waals surface area contributed by atoms with E-state index in [4.69, 9.17) is 4.74 Å². The molecule has 2 aromatic rings. The van der Waals surface area contributed by atoms with Crippen LogP contribution in [0, 0.1) is 0 Å². The number of ether oxygens (including phenoxy) is 1. The summed E-state index contributed by atoms with van der Waals surface area (Å²) in [6.07, 6.45) is 1.90. The largest absolute Gasteiger partial charge is 0.484 e. The number of rotatable bonds is 8. The lowest BCUT2D eigenvalue weighted by Crippen LogP contribution is -2.30. The normalized spacial score (nSPS) is 11.0. The molecule has 0 aliphatic carbocycles. The van der Waals surface area contributed by atoms with Crippen LogP contribution in [0.2, 0.25) is 0 Å². The van der Waals surface area contributed by atoms with Gasteiger partial charge in [-0.2, -0.15) is 0 Å². The highest BCUT2D eigenvalue weighted by molar-refractivity contribution is 7.92. The quantitative estimate of drug-likeness (QED) is 0.777. The summed E-state index contributed by atoms with van der Waals surface area (Å²) in [5.74, 6) is 0.303. The van der Waals surface area contributed by atoms with Crippen molar-refractivity contribution in [2.45, 2.75) is 6.42 Å². The molecule has 0 saturated carbocycles. The lowest BCUT2D eigenvalue weighted by molar-refractivity contribution is -0.123. The van der Waals surface area contributed by atoms with Gasteiger partial charge >= 0.3 is 0 Å². The van der Waals surface area contributed by atoms with Crippen molar-refractivity contribution in [3.05, 3.63) is 60.2 Å². The number of anilines is 1. The summed E-state index contributed by atoms with van der Waals surface area (Å²) in [4.78, 5) is 11.8. The van der Waals surface area contributed by atoms with Crippen LogP contribution in [0.15, 0.2) is 54.6 Å². The van der Waals surface area contributed by atoms with Gasteiger partial charge < -0.3 is 10.1 Å². The zero-order valence-corrected chi connectivity index (χ0v) is 15.1. The lowest BCUT2D eigenvalue weighted by atomic mass is 10.1. The number of nitrogens with one attached hydrogen (secondary N) is 1. The average Bonchev–Trinajstić information content (AvgIpc) is 2.60. The minimum absolute atomic E-state index is 0.0872. The van der Waals surface area contributed by atoms with Crippen molar-refractivity contribution in [1.29, 1.82) is 0 Å². The summed E-state index contributed by atoms with van der Waals surface area (Å²) >= 11 is 0. The topological polar surface area (TPSA) is 75.7 Å². The van der Waals surface area contributed by atoms with Gasteiger partial charge in [0, 0.05) is 13.6 Å². The third-order valence-electron chi connectivity index (χ3n) is 3.65. The summed E-state index contributed by atoms with van der Waals surface area (Å²) in [7, 11) is -1.82. The highest BCUT2D eigenvalue weighted by Crippen LogP contribution is 2.20. The molecule has 0 fully saturated rings. The fourth-order valence-electron chi connectivity index (χ4n) is 2.13. The number of benzene rings is 2. The molecule has 6 nitrogen and oxygen atoms in total. The maximum absolute atomic E-state index is 11.8. The van der Waals surface area contributed by atoms with E-state index in [1.165, 1.54) is 11.4 Å². The molecule has 25 heavy (non-hydrogen) atoms. The van der Waals surface area contributed by atoms with Crippen LogP contribution in [0.25, 0.3) is 0 Å². The van der Waals surface area contributed by atoms with Crippen molar-refractivity contribution in [3.8, 4) is 5.75 Å². The number of sulfonamides is 1. The molecule has 0 spiro atoms. The molecule has 0 saturated heterocycles. The van der Waals surface area contributed by atoms with Crippen molar-refractivity contribution < 1.29 is 17.9 Å². The van der Waals surface area contributed by atoms with Gasteiger partial charge in [0.25, 0.3) is 5.91 Å². The van der Waals surface area contributed by atoms with E-state index >= 15 is 0 Å². The molecule has 0 aromatic heterocycles. The van der Waals surface area contributed by atoms with Gasteiger partial charge in [0.2, 0.25) is 10.0 Å². The molecule has 0 heterocycles. The molecule has 0 atom stereocenters. The van der Waals surface area contributed by atoms with Gasteiger partial charge in [-0.05, 0) is 36.2 Å². The van der Waals surface area contributed by atoms with E-state index in [1.807, 2.05) is 30.3 Å². The van der Waals surface area contributed by atoms with Crippen LogP contribution in [0.1, 0.15) is 5.56 Å². The summed E-state index contributed by atoms with van der Waals surface area (Å²) in [5.41, 5.74) is 1.69. The predicted molar refractivity (Wildman–Crippen MR) is 98.3 cm³/mol. The Labute approximate surface area is 148 Å². The first-order valence-electron chi connectivity index (χ1n) is 7.83. The third kappa shape index (κ3) is 6.11. The van der Waals surface area contributed by atoms with Gasteiger partial charge in [0.15, 0.2) is 6.61 Å². The van der Waals surface area contributed by atoms with Crippen molar-refractivity contribution >= 4 is 21.6 Å². The molecule has 0 aliphatic heterocycles. The number of hydrogen-bond donors (Lipinski definition) is 1. The summed E-state index contributed by atoms with van der Waals surface area (Å²) < 4.78 is 29.5. The average molecular weight is 362 g/mol. The fourth-order valence-corrected chi connectivity index (χ4v) is 2.64. The van der Waals surface area contributed by atoms with Crippen molar-refractivity contribution in [2.24, 2.45) is 0 Å². The van der Waals surface area contributed by atoms with Crippen molar-refractivity contribution in [1.82, 2.24) is 5.32 Å². The summed E-state index contributed by atoms with van der Waals surface area (Å²) in [6.45, 7) is 0.459. The zero-order chi connectivity index (χ0) is 18.3. The Hall–Kier alpha value is -2.54. The molecule has 0 bridgehead atoms. The molecule has 1 amide bonds. The maximum Gasteiger partial charge on any atom is 0.257 e. The van der Waals surface area contributed by atoms with Crippen LogP contribution in [0.5, 0.6) is 5.75 Å². The first-order chi connectivity index (χ1) is 11.9. The summed E-state index contributed by atoms with van der Waals surface area (Å²) in [6, 6.07) is 16.4. The highest BCUT2D eigenvalue weighted by atomic mass is 32.2. The van der Waals surface area contributed by atoms with E-state index in [1.54, 1.807) is 24.3 Å². The second-order valence-electron chi connectivity index (χ2n) is 5.60. The van der Waals surface area contributed by atoms with E-state index in [2.05, 4.69) is 5.32 Å². The molecule has 0 unspecified atom stereocenters. The van der Waals surface area contributed by atoms with Crippen molar-refractivity contribution in [2.75, 3.05) is 30.8 Å². The summed E-state index contributed by atoms with van der Waals surface area (Å²) in [5, 5.41) is 2.80. The van der Waals surface area contributed by atoms with Gasteiger partial charge in [-0.1, -0.05) is 30.3 Å². The van der Waals surface area contributed by atoms with Crippen molar-refractivity contribution in [3.63, 3.8) is 0 Å². The molecule has 0 radical (unpaired) electrons. The van der Waals surface area contributed by atoms with Crippen LogP contribution in [-0.4, -0.2) is 40.8 Å². The van der Waals surface area contributed by atoms with Gasteiger partial charge in [0.05, 0.1) is 11.9 Å². The molecule has 2 rings (SSSR count). The van der Waals surface area contributed by atoms with Gasteiger partial charge in [-0.15, -0.1) is 0 Å². The van der Waals surface area contributed by atoms with E-state index in [0.29, 0.717) is 18.0 Å². The Morgan fingerprint density at radius 2 is 1.72 bits per heavy atom. The molecular formula is C18H22N2O4S. The monoisotopic (exact) mass is 362 g/mol. The lowest BCUT2D eigenvalue weighted by Gasteiger charge is -2.16. The van der Waals surface area contributed by atoms with E-state index in [9.17, 15) is 13.2 Å². The molecular weight excluding hydrogens is 340 g/mol. The number of amides is 1. The Morgan fingerprint density at radius 1 is 1.08 bits per heavy atom. The Kier molecular flexibility index (Phi) is 6.41. The third-order valence-corrected chi connectivity index (χ3v) is 4.85. The number of nitrogens with zero attached hydrogens (tertiary/aromatic N) is 1. The molecule has 2 aromatic carbocycles. The van der Waals surface area contributed by atoms with E-state index in [-0.39, 0.29) is 12.5 Å². The Morgan fingerprint density at radius 3 is 2.32 bits per heavy atom. The Balaban J connectivity index is 1.76. The molecule has 134 valence electrons. The van der Waals surface area contributed by atoms with Crippen LogP contribution in [-0.2, 0) is 21.2 Å². The van der Waals surface area contributed by atoms with Crippen LogP contribution in [0.3, 0.4) is 0 Å². The highest BCUT2D eigenvalue weighted by Gasteiger charge is 2.11. The smallest absolute Gasteiger partial charge is 0.257 e. The SMILES string of the molecule is CN(c1ccc(OCC(=O)NCCc2ccccc2)cc1)S(C)(=O)=O. The van der Waals surface area contributed by atoms with E-state index in [0.717, 1.165) is 18.2 Å². The Bertz CT molecular complexity index is 790. The fraction of sp³-hybridized carbons (Fsp3) is 0.278. The first kappa shape index (κ1) is 18.8. The minimum atomic E-state index is -3.30. The standard InChI is InChI=1S/C18H22N2O4S/c1-20(25(2,22)23)16-8-10-17(11-9-16)24-14-18(21)19-13-12-15-6-4-3-5-7-15/h3-11H,12-14H2,1-2H3,(H,19,21). The molecule has 1 N–H and O–H groups in total. The first-order valence-corrected chi connectivity index (χ1v) is 9.68. The van der Waals surface area contributed by atoms with Gasteiger partial charge in [0.1, 0.15) is 5.75 Å². The van der Waals surface area contributed by atoms with Gasteiger partial charge in [-0.3, -0.25) is 9.10 Å². The number of carbonyl (C=O) groups is 1. The molecule has 7 heteroatoms. The number of carbonyl (C=O) groups excluding carboxylic acids is 1. The second kappa shape index (κ2) is 8.53.